The largest absolute Gasteiger partial charge is 0.123 e. The quantitative estimate of drug-likeness (QED) is 0.643. The molecule has 0 aliphatic heterocycles. The maximum atomic E-state index is 5.91. The summed E-state index contributed by atoms with van der Waals surface area (Å²) in [5, 5.41) is 0.233. The molecule has 0 aliphatic rings. The van der Waals surface area contributed by atoms with E-state index in [1.165, 1.54) is 24.0 Å². The van der Waals surface area contributed by atoms with Gasteiger partial charge in [0, 0.05) is 5.38 Å². The maximum Gasteiger partial charge on any atom is 0.0348 e. The molecule has 0 bridgehead atoms. The predicted octanol–water partition coefficient (Wildman–Crippen LogP) is 3.81. The molecule has 1 aromatic rings. The third-order valence-corrected chi connectivity index (χ3v) is 2.23. The number of hydrogen-bond acceptors (Lipinski definition) is 0. The summed E-state index contributed by atoms with van der Waals surface area (Å²) in [7, 11) is 0. The molecule has 0 nitrogen and oxygen atoms in total. The summed E-state index contributed by atoms with van der Waals surface area (Å²) in [5.74, 6) is 0. The molecule has 72 valence electrons. The van der Waals surface area contributed by atoms with Crippen LogP contribution in [0.1, 0.15) is 31.4 Å². The summed E-state index contributed by atoms with van der Waals surface area (Å²) >= 11 is 5.91. The molecule has 0 saturated heterocycles. The highest BCUT2D eigenvalue weighted by Crippen LogP contribution is 2.10. The van der Waals surface area contributed by atoms with Crippen molar-refractivity contribution < 1.29 is 0 Å². The minimum atomic E-state index is 0.233. The van der Waals surface area contributed by atoms with Crippen LogP contribution in [0.3, 0.4) is 0 Å². The molecule has 1 unspecified atom stereocenters. The van der Waals surface area contributed by atoms with Crippen molar-refractivity contribution in [3.05, 3.63) is 35.4 Å². The van der Waals surface area contributed by atoms with Crippen LogP contribution in [0.25, 0.3) is 0 Å². The molecule has 0 fully saturated rings. The van der Waals surface area contributed by atoms with Gasteiger partial charge in [0.2, 0.25) is 0 Å². The topological polar surface area (TPSA) is 0 Å². The van der Waals surface area contributed by atoms with Gasteiger partial charge in [-0.1, -0.05) is 37.6 Å². The Kier molecular flexibility index (Phi) is 4.31. The minimum Gasteiger partial charge on any atom is -0.123 e. The molecule has 1 aromatic carbocycles. The van der Waals surface area contributed by atoms with Crippen LogP contribution in [0.5, 0.6) is 0 Å². The van der Waals surface area contributed by atoms with Gasteiger partial charge in [-0.15, -0.1) is 11.6 Å². The zero-order valence-electron chi connectivity index (χ0n) is 8.39. The van der Waals surface area contributed by atoms with Crippen molar-refractivity contribution >= 4 is 11.6 Å². The lowest BCUT2D eigenvalue weighted by Crippen LogP contribution is -1.96. The molecule has 13 heavy (non-hydrogen) atoms. The molecule has 1 heteroatoms. The van der Waals surface area contributed by atoms with Crippen molar-refractivity contribution in [2.75, 3.05) is 0 Å². The van der Waals surface area contributed by atoms with Gasteiger partial charge in [-0.2, -0.15) is 0 Å². The molecule has 0 radical (unpaired) electrons. The van der Waals surface area contributed by atoms with Crippen LogP contribution < -0.4 is 0 Å². The summed E-state index contributed by atoms with van der Waals surface area (Å²) in [6, 6.07) is 8.78. The third kappa shape index (κ3) is 3.82. The van der Waals surface area contributed by atoms with Gasteiger partial charge in [-0.25, -0.2) is 0 Å². The van der Waals surface area contributed by atoms with Gasteiger partial charge in [0.05, 0.1) is 0 Å². The number of hydrogen-bond donors (Lipinski definition) is 0. The summed E-state index contributed by atoms with van der Waals surface area (Å²) in [4.78, 5) is 0. The molecular weight excluding hydrogens is 180 g/mol. The monoisotopic (exact) mass is 196 g/mol. The summed E-state index contributed by atoms with van der Waals surface area (Å²) < 4.78 is 0. The van der Waals surface area contributed by atoms with E-state index in [4.69, 9.17) is 11.6 Å². The fourth-order valence-electron chi connectivity index (χ4n) is 1.46. The lowest BCUT2D eigenvalue weighted by atomic mass is 10.1. The zero-order chi connectivity index (χ0) is 9.68. The minimum absolute atomic E-state index is 0.233. The Balaban J connectivity index is 2.59. The van der Waals surface area contributed by atoms with E-state index in [0.717, 1.165) is 6.42 Å². The molecule has 1 atom stereocenters. The SMILES string of the molecule is CCCc1ccc(CC(C)Cl)cc1. The number of benzene rings is 1. The second-order valence-electron chi connectivity index (χ2n) is 3.55. The maximum absolute atomic E-state index is 5.91. The van der Waals surface area contributed by atoms with E-state index in [1.807, 2.05) is 6.92 Å². The Morgan fingerprint density at radius 1 is 1.15 bits per heavy atom. The molecule has 0 N–H and O–H groups in total. The first-order valence-electron chi connectivity index (χ1n) is 4.94. The normalized spacial score (nSPS) is 12.8. The van der Waals surface area contributed by atoms with Gasteiger partial charge in [-0.05, 0) is 30.9 Å². The van der Waals surface area contributed by atoms with E-state index in [9.17, 15) is 0 Å². The Morgan fingerprint density at radius 3 is 2.15 bits per heavy atom. The van der Waals surface area contributed by atoms with Crippen LogP contribution >= 0.6 is 11.6 Å². The molecule has 0 spiro atoms. The predicted molar refractivity (Wildman–Crippen MR) is 59.5 cm³/mol. The highest BCUT2D eigenvalue weighted by molar-refractivity contribution is 6.20. The fourth-order valence-corrected chi connectivity index (χ4v) is 1.63. The standard InChI is InChI=1S/C12H17Cl/c1-3-4-11-5-7-12(8-6-11)9-10(2)13/h5-8,10H,3-4,9H2,1-2H3. The highest BCUT2D eigenvalue weighted by Gasteiger charge is 1.98. The Bertz CT molecular complexity index is 236. The van der Waals surface area contributed by atoms with Gasteiger partial charge in [0.1, 0.15) is 0 Å². The highest BCUT2D eigenvalue weighted by atomic mass is 35.5. The number of alkyl halides is 1. The lowest BCUT2D eigenvalue weighted by Gasteiger charge is -2.04. The first-order valence-corrected chi connectivity index (χ1v) is 5.38. The second-order valence-corrected chi connectivity index (χ2v) is 4.30. The van der Waals surface area contributed by atoms with E-state index in [0.29, 0.717) is 0 Å². The van der Waals surface area contributed by atoms with Crippen molar-refractivity contribution in [2.45, 2.75) is 38.5 Å². The molecule has 0 heterocycles. The third-order valence-electron chi connectivity index (χ3n) is 2.08. The summed E-state index contributed by atoms with van der Waals surface area (Å²) in [6.45, 7) is 4.23. The number of halogens is 1. The van der Waals surface area contributed by atoms with E-state index in [1.54, 1.807) is 0 Å². The summed E-state index contributed by atoms with van der Waals surface area (Å²) in [6.07, 6.45) is 3.36. The van der Waals surface area contributed by atoms with Crippen LogP contribution in [-0.4, -0.2) is 5.38 Å². The van der Waals surface area contributed by atoms with Gasteiger partial charge >= 0.3 is 0 Å². The van der Waals surface area contributed by atoms with Crippen molar-refractivity contribution in [1.82, 2.24) is 0 Å². The van der Waals surface area contributed by atoms with Gasteiger partial charge < -0.3 is 0 Å². The smallest absolute Gasteiger partial charge is 0.0348 e. The molecule has 0 aromatic heterocycles. The van der Waals surface area contributed by atoms with Crippen LogP contribution in [0.4, 0.5) is 0 Å². The summed E-state index contributed by atoms with van der Waals surface area (Å²) in [5.41, 5.74) is 2.76. The second kappa shape index (κ2) is 5.29. The molecular formula is C12H17Cl. The van der Waals surface area contributed by atoms with Crippen LogP contribution in [0.2, 0.25) is 0 Å². The lowest BCUT2D eigenvalue weighted by molar-refractivity contribution is 0.908. The van der Waals surface area contributed by atoms with E-state index >= 15 is 0 Å². The van der Waals surface area contributed by atoms with Crippen LogP contribution in [0, 0.1) is 0 Å². The van der Waals surface area contributed by atoms with Crippen molar-refractivity contribution in [2.24, 2.45) is 0 Å². The fraction of sp³-hybridized carbons (Fsp3) is 0.500. The van der Waals surface area contributed by atoms with E-state index in [2.05, 4.69) is 31.2 Å². The first kappa shape index (κ1) is 10.6. The molecule has 0 saturated carbocycles. The Morgan fingerprint density at radius 2 is 1.69 bits per heavy atom. The van der Waals surface area contributed by atoms with E-state index < -0.39 is 0 Å². The number of aryl methyl sites for hydroxylation is 1. The van der Waals surface area contributed by atoms with Crippen molar-refractivity contribution in [1.29, 1.82) is 0 Å². The molecule has 0 amide bonds. The Hall–Kier alpha value is -0.490. The Labute approximate surface area is 85.9 Å². The van der Waals surface area contributed by atoms with Crippen LogP contribution in [-0.2, 0) is 12.8 Å². The van der Waals surface area contributed by atoms with Crippen molar-refractivity contribution in [3.8, 4) is 0 Å². The van der Waals surface area contributed by atoms with Crippen molar-refractivity contribution in [3.63, 3.8) is 0 Å². The van der Waals surface area contributed by atoms with E-state index in [-0.39, 0.29) is 5.38 Å². The average molecular weight is 197 g/mol. The van der Waals surface area contributed by atoms with Gasteiger partial charge in [-0.3, -0.25) is 0 Å². The number of rotatable bonds is 4. The molecule has 0 aliphatic carbocycles. The van der Waals surface area contributed by atoms with Gasteiger partial charge in [0.25, 0.3) is 0 Å². The molecule has 1 rings (SSSR count). The zero-order valence-corrected chi connectivity index (χ0v) is 9.14. The average Bonchev–Trinajstić information content (AvgIpc) is 2.08. The van der Waals surface area contributed by atoms with Gasteiger partial charge in [0.15, 0.2) is 0 Å². The first-order chi connectivity index (χ1) is 6.22. The van der Waals surface area contributed by atoms with Crippen LogP contribution in [0.15, 0.2) is 24.3 Å².